The van der Waals surface area contributed by atoms with Crippen LogP contribution in [0, 0.1) is 11.8 Å². The number of carbonyl (C=O) groups excluding carboxylic acids is 2. The standard InChI is InChI=1S/C19H19ClN4O3/c1-21-19(26)15-7-10(18(25)24-17-11-8-27-9-12(11)17)6-14(23-15)16(20)13-4-2-3-5-22-13/h2-7,11-12,16-17H,8-9H2,1H3,(H,21,26)(H,24,25). The van der Waals surface area contributed by atoms with Crippen molar-refractivity contribution < 1.29 is 14.3 Å². The molecule has 3 atom stereocenters. The van der Waals surface area contributed by atoms with Gasteiger partial charge in [-0.2, -0.15) is 0 Å². The Hall–Kier alpha value is -2.51. The number of halogens is 1. The van der Waals surface area contributed by atoms with E-state index >= 15 is 0 Å². The van der Waals surface area contributed by atoms with Crippen molar-refractivity contribution in [2.24, 2.45) is 11.8 Å². The number of fused-ring (bicyclic) bond motifs is 1. The van der Waals surface area contributed by atoms with E-state index in [9.17, 15) is 9.59 Å². The molecule has 1 aliphatic carbocycles. The van der Waals surface area contributed by atoms with Gasteiger partial charge in [-0.1, -0.05) is 6.07 Å². The smallest absolute Gasteiger partial charge is 0.269 e. The highest BCUT2D eigenvalue weighted by Crippen LogP contribution is 2.44. The third-order valence-corrected chi connectivity index (χ3v) is 5.47. The molecule has 2 aromatic rings. The maximum Gasteiger partial charge on any atom is 0.269 e. The number of carbonyl (C=O) groups is 2. The van der Waals surface area contributed by atoms with Gasteiger partial charge < -0.3 is 15.4 Å². The zero-order valence-corrected chi connectivity index (χ0v) is 15.4. The Morgan fingerprint density at radius 2 is 1.96 bits per heavy atom. The van der Waals surface area contributed by atoms with Gasteiger partial charge in [-0.3, -0.25) is 14.6 Å². The van der Waals surface area contributed by atoms with Gasteiger partial charge >= 0.3 is 0 Å². The van der Waals surface area contributed by atoms with Gasteiger partial charge in [0.05, 0.1) is 24.6 Å². The molecule has 2 amide bonds. The monoisotopic (exact) mass is 386 g/mol. The number of hydrogen-bond donors (Lipinski definition) is 2. The lowest BCUT2D eigenvalue weighted by Gasteiger charge is -2.13. The summed E-state index contributed by atoms with van der Waals surface area (Å²) >= 11 is 6.52. The average Bonchev–Trinajstić information content (AvgIpc) is 3.13. The second-order valence-corrected chi connectivity index (χ2v) is 7.16. The molecule has 140 valence electrons. The van der Waals surface area contributed by atoms with E-state index in [2.05, 4.69) is 20.6 Å². The molecule has 1 saturated heterocycles. The van der Waals surface area contributed by atoms with Crippen molar-refractivity contribution in [1.82, 2.24) is 20.6 Å². The molecule has 1 saturated carbocycles. The normalized spacial score (nSPS) is 24.0. The fraction of sp³-hybridized carbons (Fsp3) is 0.368. The Morgan fingerprint density at radius 1 is 1.19 bits per heavy atom. The topological polar surface area (TPSA) is 93.2 Å². The maximum absolute atomic E-state index is 12.7. The average molecular weight is 387 g/mol. The number of nitrogens with one attached hydrogen (secondary N) is 2. The van der Waals surface area contributed by atoms with Crippen molar-refractivity contribution in [3.63, 3.8) is 0 Å². The van der Waals surface area contributed by atoms with Gasteiger partial charge in [0.15, 0.2) is 0 Å². The van der Waals surface area contributed by atoms with E-state index in [0.29, 0.717) is 42.0 Å². The number of pyridine rings is 2. The van der Waals surface area contributed by atoms with Gasteiger partial charge in [0.1, 0.15) is 11.1 Å². The molecule has 2 N–H and O–H groups in total. The summed E-state index contributed by atoms with van der Waals surface area (Å²) in [5, 5.41) is 4.89. The molecule has 0 bridgehead atoms. The van der Waals surface area contributed by atoms with Crippen LogP contribution in [0.1, 0.15) is 37.6 Å². The second kappa shape index (κ2) is 7.25. The summed E-state index contributed by atoms with van der Waals surface area (Å²) in [5.41, 5.74) is 1.49. The lowest BCUT2D eigenvalue weighted by Crippen LogP contribution is -2.30. The fourth-order valence-corrected chi connectivity index (χ4v) is 3.66. The zero-order valence-electron chi connectivity index (χ0n) is 14.7. The molecule has 3 unspecified atom stereocenters. The Balaban J connectivity index is 1.62. The third kappa shape index (κ3) is 3.52. The van der Waals surface area contributed by atoms with E-state index in [1.54, 1.807) is 24.4 Å². The van der Waals surface area contributed by atoms with Crippen LogP contribution in [0.15, 0.2) is 36.5 Å². The van der Waals surface area contributed by atoms with Crippen molar-refractivity contribution in [2.45, 2.75) is 11.4 Å². The molecule has 0 radical (unpaired) electrons. The first-order valence-corrected chi connectivity index (χ1v) is 9.20. The first-order valence-electron chi connectivity index (χ1n) is 8.76. The molecule has 4 rings (SSSR count). The van der Waals surface area contributed by atoms with Crippen LogP contribution in [-0.2, 0) is 4.74 Å². The Labute approximate surface area is 161 Å². The molecule has 7 nitrogen and oxygen atoms in total. The number of nitrogens with zero attached hydrogens (tertiary/aromatic N) is 2. The van der Waals surface area contributed by atoms with Gasteiger partial charge in [-0.25, -0.2) is 4.98 Å². The third-order valence-electron chi connectivity index (χ3n) is 5.02. The largest absolute Gasteiger partial charge is 0.381 e. The van der Waals surface area contributed by atoms with E-state index in [1.807, 2.05) is 6.07 Å². The van der Waals surface area contributed by atoms with E-state index in [0.717, 1.165) is 0 Å². The summed E-state index contributed by atoms with van der Waals surface area (Å²) < 4.78 is 5.35. The molecule has 2 aliphatic rings. The highest BCUT2D eigenvalue weighted by molar-refractivity contribution is 6.22. The van der Waals surface area contributed by atoms with Crippen molar-refractivity contribution in [3.8, 4) is 0 Å². The molecular weight excluding hydrogens is 368 g/mol. The van der Waals surface area contributed by atoms with E-state index in [4.69, 9.17) is 16.3 Å². The van der Waals surface area contributed by atoms with Crippen LogP contribution in [0.3, 0.4) is 0 Å². The van der Waals surface area contributed by atoms with Crippen LogP contribution >= 0.6 is 11.6 Å². The number of hydrogen-bond acceptors (Lipinski definition) is 5. The molecule has 0 aromatic carbocycles. The van der Waals surface area contributed by atoms with Gasteiger partial charge in [0.25, 0.3) is 11.8 Å². The van der Waals surface area contributed by atoms with Gasteiger partial charge in [0.2, 0.25) is 0 Å². The van der Waals surface area contributed by atoms with Crippen LogP contribution in [0.4, 0.5) is 0 Å². The van der Waals surface area contributed by atoms with Gasteiger partial charge in [0, 0.05) is 36.7 Å². The number of alkyl halides is 1. The molecule has 1 aliphatic heterocycles. The highest BCUT2D eigenvalue weighted by atomic mass is 35.5. The molecule has 2 aromatic heterocycles. The molecule has 27 heavy (non-hydrogen) atoms. The maximum atomic E-state index is 12.7. The molecule has 8 heteroatoms. The number of ether oxygens (including phenoxy) is 1. The lowest BCUT2D eigenvalue weighted by atomic mass is 10.1. The van der Waals surface area contributed by atoms with Crippen molar-refractivity contribution in [1.29, 1.82) is 0 Å². The van der Waals surface area contributed by atoms with E-state index in [1.165, 1.54) is 13.1 Å². The summed E-state index contributed by atoms with van der Waals surface area (Å²) in [6.07, 6.45) is 1.63. The predicted octanol–water partition coefficient (Wildman–Crippen LogP) is 1.54. The Bertz CT molecular complexity index is 867. The first-order chi connectivity index (χ1) is 13.1. The van der Waals surface area contributed by atoms with E-state index < -0.39 is 5.38 Å². The summed E-state index contributed by atoms with van der Waals surface area (Å²) in [4.78, 5) is 33.4. The van der Waals surface area contributed by atoms with Crippen LogP contribution in [0.25, 0.3) is 0 Å². The van der Waals surface area contributed by atoms with Crippen LogP contribution in [0.5, 0.6) is 0 Å². The van der Waals surface area contributed by atoms with Crippen LogP contribution in [0.2, 0.25) is 0 Å². The van der Waals surface area contributed by atoms with Crippen molar-refractivity contribution in [3.05, 3.63) is 59.2 Å². The number of rotatable bonds is 5. The molecular formula is C19H19ClN4O3. The van der Waals surface area contributed by atoms with Crippen LogP contribution in [-0.4, -0.2) is 48.1 Å². The molecule has 0 spiro atoms. The fourth-order valence-electron chi connectivity index (χ4n) is 3.42. The number of amides is 2. The predicted molar refractivity (Wildman–Crippen MR) is 98.6 cm³/mol. The van der Waals surface area contributed by atoms with Crippen LogP contribution < -0.4 is 10.6 Å². The minimum atomic E-state index is -0.670. The summed E-state index contributed by atoms with van der Waals surface area (Å²) in [6, 6.07) is 8.61. The minimum Gasteiger partial charge on any atom is -0.381 e. The Kier molecular flexibility index (Phi) is 4.80. The lowest BCUT2D eigenvalue weighted by molar-refractivity contribution is 0.0928. The highest BCUT2D eigenvalue weighted by Gasteiger charge is 2.54. The molecule has 2 fully saturated rings. The zero-order chi connectivity index (χ0) is 19.0. The Morgan fingerprint density at radius 3 is 2.63 bits per heavy atom. The first kappa shape index (κ1) is 17.9. The van der Waals surface area contributed by atoms with Gasteiger partial charge in [-0.15, -0.1) is 11.6 Å². The molecule has 3 heterocycles. The SMILES string of the molecule is CNC(=O)c1cc(C(=O)NC2C3COCC32)cc(C(Cl)c2ccccn2)n1. The summed E-state index contributed by atoms with van der Waals surface area (Å²) in [7, 11) is 1.51. The van der Waals surface area contributed by atoms with Crippen molar-refractivity contribution >= 4 is 23.4 Å². The van der Waals surface area contributed by atoms with E-state index in [-0.39, 0.29) is 23.6 Å². The minimum absolute atomic E-state index is 0.133. The van der Waals surface area contributed by atoms with Crippen molar-refractivity contribution in [2.75, 3.05) is 20.3 Å². The summed E-state index contributed by atoms with van der Waals surface area (Å²) in [6.45, 7) is 1.37. The quantitative estimate of drug-likeness (QED) is 0.760. The summed E-state index contributed by atoms with van der Waals surface area (Å²) in [5.74, 6) is 0.159. The number of aromatic nitrogens is 2. The van der Waals surface area contributed by atoms with Gasteiger partial charge in [-0.05, 0) is 24.3 Å². The second-order valence-electron chi connectivity index (χ2n) is 6.73.